The Balaban J connectivity index is 1.55. The second-order valence-electron chi connectivity index (χ2n) is 9.33. The van der Waals surface area contributed by atoms with Crippen LogP contribution in [-0.4, -0.2) is 51.6 Å². The van der Waals surface area contributed by atoms with Crippen LogP contribution in [0.5, 0.6) is 5.75 Å². The number of rotatable bonds is 8. The number of imide groups is 1. The lowest BCUT2D eigenvalue weighted by molar-refractivity contribution is -0.123. The molecule has 1 fully saturated rings. The molecule has 7 heteroatoms. The Bertz CT molecular complexity index is 1140. The fourth-order valence-corrected chi connectivity index (χ4v) is 5.38. The second-order valence-corrected chi connectivity index (χ2v) is 9.33. The molecule has 1 heterocycles. The van der Waals surface area contributed by atoms with Gasteiger partial charge in [0, 0.05) is 5.92 Å². The summed E-state index contributed by atoms with van der Waals surface area (Å²) in [4.78, 5) is 27.7. The first-order valence-corrected chi connectivity index (χ1v) is 11.9. The number of benzene rings is 2. The predicted molar refractivity (Wildman–Crippen MR) is 132 cm³/mol. The van der Waals surface area contributed by atoms with Gasteiger partial charge < -0.3 is 20.4 Å². The Morgan fingerprint density at radius 1 is 1.06 bits per heavy atom. The molecule has 0 saturated carbocycles. The summed E-state index contributed by atoms with van der Waals surface area (Å²) in [5.74, 6) is -2.71. The molecule has 2 aromatic carbocycles. The molecule has 0 radical (unpaired) electrons. The summed E-state index contributed by atoms with van der Waals surface area (Å²) in [6.07, 6.45) is 2.08. The molecule has 2 aromatic rings. The van der Waals surface area contributed by atoms with Gasteiger partial charge in [-0.15, -0.1) is 0 Å². The number of phenols is 1. The standard InChI is InChI=1S/C28H31NO6/c1-17(13-18-8-10-21(32)11-9-18)7-12-24(33)25-19(15-30)14-22-26(23(25)16-31)28(35)29(27(22)34)20-5-3-2-4-6-20/h2-6,8-11,13,22-24,26,30-33H,7,12,14-16H2,1H3/b17-13+/t22-,23+,24-,26-/m1/s1. The summed E-state index contributed by atoms with van der Waals surface area (Å²) in [6, 6.07) is 15.5. The number of carbonyl (C=O) groups excluding carboxylic acids is 2. The predicted octanol–water partition coefficient (Wildman–Crippen LogP) is 3.04. The third-order valence-corrected chi connectivity index (χ3v) is 7.06. The molecule has 4 N–H and O–H groups in total. The smallest absolute Gasteiger partial charge is 0.238 e. The summed E-state index contributed by atoms with van der Waals surface area (Å²) >= 11 is 0. The van der Waals surface area contributed by atoms with Gasteiger partial charge in [-0.1, -0.05) is 42.0 Å². The van der Waals surface area contributed by atoms with Gasteiger partial charge in [0.15, 0.2) is 0 Å². The maximum Gasteiger partial charge on any atom is 0.238 e. The van der Waals surface area contributed by atoms with E-state index in [0.717, 1.165) is 11.1 Å². The molecule has 0 aromatic heterocycles. The Kier molecular flexibility index (Phi) is 7.50. The molecule has 35 heavy (non-hydrogen) atoms. The number of aliphatic hydroxyl groups is 3. The van der Waals surface area contributed by atoms with Gasteiger partial charge in [0.25, 0.3) is 0 Å². The number of allylic oxidation sites excluding steroid dienone is 1. The molecule has 2 aliphatic rings. The first kappa shape index (κ1) is 24.9. The van der Waals surface area contributed by atoms with Crippen LogP contribution in [-0.2, 0) is 9.59 Å². The third kappa shape index (κ3) is 4.93. The lowest BCUT2D eigenvalue weighted by Crippen LogP contribution is -2.39. The average molecular weight is 478 g/mol. The van der Waals surface area contributed by atoms with Crippen LogP contribution in [0.4, 0.5) is 5.69 Å². The minimum absolute atomic E-state index is 0.181. The van der Waals surface area contributed by atoms with E-state index < -0.39 is 30.5 Å². The summed E-state index contributed by atoms with van der Waals surface area (Å²) < 4.78 is 0. The van der Waals surface area contributed by atoms with Crippen molar-refractivity contribution in [2.24, 2.45) is 17.8 Å². The monoisotopic (exact) mass is 477 g/mol. The van der Waals surface area contributed by atoms with Crippen molar-refractivity contribution in [1.29, 1.82) is 0 Å². The quantitative estimate of drug-likeness (QED) is 0.343. The fourth-order valence-electron chi connectivity index (χ4n) is 5.38. The van der Waals surface area contributed by atoms with Gasteiger partial charge in [-0.2, -0.15) is 0 Å². The molecule has 1 aliphatic heterocycles. The van der Waals surface area contributed by atoms with E-state index in [4.69, 9.17) is 0 Å². The molecular weight excluding hydrogens is 446 g/mol. The first-order chi connectivity index (χ1) is 16.8. The van der Waals surface area contributed by atoms with Crippen molar-refractivity contribution < 1.29 is 30.0 Å². The van der Waals surface area contributed by atoms with Crippen molar-refractivity contribution in [1.82, 2.24) is 0 Å². The molecule has 184 valence electrons. The largest absolute Gasteiger partial charge is 0.508 e. The zero-order valence-corrected chi connectivity index (χ0v) is 19.7. The number of phenolic OH excluding ortho intramolecular Hbond substituents is 1. The second kappa shape index (κ2) is 10.6. The highest BCUT2D eigenvalue weighted by Gasteiger charge is 2.55. The number of hydrogen-bond acceptors (Lipinski definition) is 6. The van der Waals surface area contributed by atoms with Gasteiger partial charge in [-0.05, 0) is 67.2 Å². The Morgan fingerprint density at radius 3 is 2.37 bits per heavy atom. The van der Waals surface area contributed by atoms with E-state index >= 15 is 0 Å². The van der Waals surface area contributed by atoms with E-state index in [1.165, 1.54) is 4.90 Å². The van der Waals surface area contributed by atoms with E-state index in [2.05, 4.69) is 0 Å². The highest BCUT2D eigenvalue weighted by molar-refractivity contribution is 6.22. The highest BCUT2D eigenvalue weighted by Crippen LogP contribution is 2.47. The molecule has 7 nitrogen and oxygen atoms in total. The molecule has 4 rings (SSSR count). The number of nitrogens with zero attached hydrogens (tertiary/aromatic N) is 1. The zero-order valence-electron chi connectivity index (χ0n) is 19.7. The Labute approximate surface area is 204 Å². The topological polar surface area (TPSA) is 118 Å². The lowest BCUT2D eigenvalue weighted by atomic mass is 9.68. The SMILES string of the molecule is C/C(=C\c1ccc(O)cc1)CC[C@@H](O)C1=C(CO)C[C@H]2C(=O)N(c3ccccc3)C(=O)[C@H]2[C@H]1CO. The minimum atomic E-state index is -0.966. The van der Waals surface area contributed by atoms with Gasteiger partial charge in [0.1, 0.15) is 5.75 Å². The van der Waals surface area contributed by atoms with Crippen LogP contribution in [0.3, 0.4) is 0 Å². The number of amides is 2. The number of hydrogen-bond donors (Lipinski definition) is 4. The van der Waals surface area contributed by atoms with Crippen LogP contribution in [0, 0.1) is 17.8 Å². The van der Waals surface area contributed by atoms with Gasteiger partial charge in [-0.25, -0.2) is 0 Å². The van der Waals surface area contributed by atoms with Crippen molar-refractivity contribution >= 4 is 23.6 Å². The molecule has 1 aliphatic carbocycles. The molecule has 4 atom stereocenters. The molecular formula is C28H31NO6. The van der Waals surface area contributed by atoms with Gasteiger partial charge >= 0.3 is 0 Å². The maximum atomic E-state index is 13.4. The summed E-state index contributed by atoms with van der Waals surface area (Å²) in [5.41, 5.74) is 3.42. The lowest BCUT2D eigenvalue weighted by Gasteiger charge is -2.36. The van der Waals surface area contributed by atoms with Gasteiger partial charge in [-0.3, -0.25) is 14.5 Å². The number of anilines is 1. The fraction of sp³-hybridized carbons (Fsp3) is 0.357. The third-order valence-electron chi connectivity index (χ3n) is 7.06. The number of fused-ring (bicyclic) bond motifs is 1. The van der Waals surface area contributed by atoms with E-state index in [9.17, 15) is 30.0 Å². The highest BCUT2D eigenvalue weighted by atomic mass is 16.3. The van der Waals surface area contributed by atoms with Crippen LogP contribution in [0.25, 0.3) is 6.08 Å². The Hall–Kier alpha value is -3.26. The molecule has 1 saturated heterocycles. The normalized spacial score (nSPS) is 23.6. The van der Waals surface area contributed by atoms with Crippen molar-refractivity contribution in [3.05, 3.63) is 76.9 Å². The number of aliphatic hydroxyl groups excluding tert-OH is 3. The average Bonchev–Trinajstić information content (AvgIpc) is 3.12. The van der Waals surface area contributed by atoms with E-state index in [1.54, 1.807) is 54.6 Å². The summed E-state index contributed by atoms with van der Waals surface area (Å²) in [5, 5.41) is 40.9. The van der Waals surface area contributed by atoms with Crippen LogP contribution < -0.4 is 4.90 Å². The van der Waals surface area contributed by atoms with Gasteiger partial charge in [0.2, 0.25) is 11.8 Å². The van der Waals surface area contributed by atoms with Crippen LogP contribution in [0.15, 0.2) is 71.3 Å². The number of carbonyl (C=O) groups is 2. The van der Waals surface area contributed by atoms with Crippen molar-refractivity contribution in [2.45, 2.75) is 32.3 Å². The number of aromatic hydroxyl groups is 1. The van der Waals surface area contributed by atoms with Crippen molar-refractivity contribution in [3.63, 3.8) is 0 Å². The van der Waals surface area contributed by atoms with Crippen LogP contribution in [0.1, 0.15) is 31.7 Å². The molecule has 0 spiro atoms. The molecule has 0 unspecified atom stereocenters. The van der Waals surface area contributed by atoms with E-state index in [0.29, 0.717) is 29.7 Å². The van der Waals surface area contributed by atoms with Crippen molar-refractivity contribution in [3.8, 4) is 5.75 Å². The van der Waals surface area contributed by atoms with Crippen LogP contribution in [0.2, 0.25) is 0 Å². The first-order valence-electron chi connectivity index (χ1n) is 11.9. The summed E-state index contributed by atoms with van der Waals surface area (Å²) in [7, 11) is 0. The van der Waals surface area contributed by atoms with E-state index in [-0.39, 0.29) is 30.6 Å². The van der Waals surface area contributed by atoms with Gasteiger partial charge in [0.05, 0.1) is 36.8 Å². The van der Waals surface area contributed by atoms with Crippen molar-refractivity contribution in [2.75, 3.05) is 18.1 Å². The Morgan fingerprint density at radius 2 is 1.74 bits per heavy atom. The molecule has 2 amide bonds. The minimum Gasteiger partial charge on any atom is -0.508 e. The maximum absolute atomic E-state index is 13.4. The number of para-hydroxylation sites is 1. The zero-order chi connectivity index (χ0) is 25.1. The van der Waals surface area contributed by atoms with E-state index in [1.807, 2.05) is 13.0 Å². The summed E-state index contributed by atoms with van der Waals surface area (Å²) in [6.45, 7) is 1.19. The molecule has 0 bridgehead atoms. The van der Waals surface area contributed by atoms with Crippen LogP contribution >= 0.6 is 0 Å².